The van der Waals surface area contributed by atoms with Gasteiger partial charge in [-0.15, -0.1) is 11.3 Å². The summed E-state index contributed by atoms with van der Waals surface area (Å²) in [5, 5.41) is 5.71. The van der Waals surface area contributed by atoms with Gasteiger partial charge in [-0.05, 0) is 43.0 Å². The van der Waals surface area contributed by atoms with Gasteiger partial charge in [-0.1, -0.05) is 6.92 Å². The molecule has 134 valence electrons. The molecular weight excluding hydrogens is 347 g/mol. The van der Waals surface area contributed by atoms with E-state index in [9.17, 15) is 18.8 Å². The first-order valence-corrected chi connectivity index (χ1v) is 8.65. The summed E-state index contributed by atoms with van der Waals surface area (Å²) in [4.78, 5) is 35.7. The van der Waals surface area contributed by atoms with Crippen molar-refractivity contribution < 1.29 is 23.5 Å². The highest BCUT2D eigenvalue weighted by Crippen LogP contribution is 2.26. The van der Waals surface area contributed by atoms with Crippen LogP contribution in [0.3, 0.4) is 0 Å². The van der Waals surface area contributed by atoms with Crippen LogP contribution >= 0.6 is 11.3 Å². The van der Waals surface area contributed by atoms with Gasteiger partial charge < -0.3 is 15.4 Å². The molecule has 0 bridgehead atoms. The quantitative estimate of drug-likeness (QED) is 0.736. The number of nitrogens with one attached hydrogen (secondary N) is 2. The Morgan fingerprint density at radius 1 is 1.28 bits per heavy atom. The third-order valence-electron chi connectivity index (χ3n) is 3.33. The maximum absolute atomic E-state index is 13.2. The SMILES string of the molecule is CCCNC(=O)[C@@H](C)NC(=O)COC(=O)c1cc2cc(F)ccc2s1. The van der Waals surface area contributed by atoms with E-state index in [4.69, 9.17) is 4.74 Å². The second-order valence-electron chi connectivity index (χ2n) is 5.45. The molecule has 0 aliphatic rings. The van der Waals surface area contributed by atoms with E-state index in [1.54, 1.807) is 13.0 Å². The molecule has 0 saturated carbocycles. The molecule has 2 amide bonds. The number of thiophene rings is 1. The van der Waals surface area contributed by atoms with Gasteiger partial charge in [0, 0.05) is 11.2 Å². The Morgan fingerprint density at radius 3 is 2.76 bits per heavy atom. The summed E-state index contributed by atoms with van der Waals surface area (Å²) in [6, 6.07) is 5.02. The molecule has 8 heteroatoms. The van der Waals surface area contributed by atoms with Crippen molar-refractivity contribution in [3.63, 3.8) is 0 Å². The molecule has 2 rings (SSSR count). The van der Waals surface area contributed by atoms with Gasteiger partial charge >= 0.3 is 5.97 Å². The van der Waals surface area contributed by atoms with Gasteiger partial charge in [0.1, 0.15) is 16.7 Å². The summed E-state index contributed by atoms with van der Waals surface area (Å²) in [6.07, 6.45) is 0.795. The third kappa shape index (κ3) is 5.25. The van der Waals surface area contributed by atoms with Crippen LogP contribution in [0.15, 0.2) is 24.3 Å². The smallest absolute Gasteiger partial charge is 0.348 e. The van der Waals surface area contributed by atoms with Crippen molar-refractivity contribution in [3.8, 4) is 0 Å². The highest BCUT2D eigenvalue weighted by Gasteiger charge is 2.17. The van der Waals surface area contributed by atoms with Crippen LogP contribution in [0.4, 0.5) is 4.39 Å². The summed E-state index contributed by atoms with van der Waals surface area (Å²) < 4.78 is 18.9. The van der Waals surface area contributed by atoms with E-state index >= 15 is 0 Å². The van der Waals surface area contributed by atoms with E-state index in [0.717, 1.165) is 22.5 Å². The first-order chi connectivity index (χ1) is 11.9. The number of ether oxygens (including phenoxy) is 1. The van der Waals surface area contributed by atoms with E-state index in [1.807, 2.05) is 6.92 Å². The Hall–Kier alpha value is -2.48. The number of amides is 2. The van der Waals surface area contributed by atoms with Crippen LogP contribution < -0.4 is 10.6 Å². The maximum Gasteiger partial charge on any atom is 0.348 e. The number of halogens is 1. The maximum atomic E-state index is 13.2. The van der Waals surface area contributed by atoms with Crippen LogP contribution in [0.25, 0.3) is 10.1 Å². The molecule has 1 aromatic carbocycles. The molecule has 0 radical (unpaired) electrons. The third-order valence-corrected chi connectivity index (χ3v) is 4.43. The summed E-state index contributed by atoms with van der Waals surface area (Å²) in [5.74, 6) is -1.92. The molecule has 6 nitrogen and oxygen atoms in total. The lowest BCUT2D eigenvalue weighted by atomic mass is 10.2. The first-order valence-electron chi connectivity index (χ1n) is 7.84. The molecule has 2 N–H and O–H groups in total. The van der Waals surface area contributed by atoms with E-state index < -0.39 is 24.5 Å². The summed E-state index contributed by atoms with van der Waals surface area (Å²) in [5.41, 5.74) is 0. The number of benzene rings is 1. The minimum Gasteiger partial charge on any atom is -0.451 e. The molecule has 0 aliphatic heterocycles. The molecular formula is C17H19FN2O4S. The van der Waals surface area contributed by atoms with Gasteiger partial charge in [0.25, 0.3) is 5.91 Å². The molecule has 1 atom stereocenters. The average Bonchev–Trinajstić information content (AvgIpc) is 3.00. The number of hydrogen-bond acceptors (Lipinski definition) is 5. The van der Waals surface area contributed by atoms with Crippen molar-refractivity contribution in [1.82, 2.24) is 10.6 Å². The second-order valence-corrected chi connectivity index (χ2v) is 6.53. The number of carbonyl (C=O) groups is 3. The minimum absolute atomic E-state index is 0.280. The van der Waals surface area contributed by atoms with Gasteiger partial charge in [0.15, 0.2) is 6.61 Å². The van der Waals surface area contributed by atoms with Gasteiger partial charge in [-0.2, -0.15) is 0 Å². The van der Waals surface area contributed by atoms with Crippen LogP contribution in [0.5, 0.6) is 0 Å². The van der Waals surface area contributed by atoms with Gasteiger partial charge in [0.2, 0.25) is 5.91 Å². The zero-order valence-corrected chi connectivity index (χ0v) is 14.7. The lowest BCUT2D eigenvalue weighted by Crippen LogP contribution is -2.46. The van der Waals surface area contributed by atoms with Gasteiger partial charge in [0.05, 0.1) is 0 Å². The van der Waals surface area contributed by atoms with Crippen LogP contribution in [0.1, 0.15) is 29.9 Å². The van der Waals surface area contributed by atoms with Gasteiger partial charge in [-0.3, -0.25) is 9.59 Å². The largest absolute Gasteiger partial charge is 0.451 e. The van der Waals surface area contributed by atoms with Crippen LogP contribution in [-0.2, 0) is 14.3 Å². The second kappa shape index (κ2) is 8.57. The Labute approximate surface area is 148 Å². The van der Waals surface area contributed by atoms with Crippen LogP contribution in [-0.4, -0.2) is 37.0 Å². The minimum atomic E-state index is -0.718. The molecule has 1 heterocycles. The highest BCUT2D eigenvalue weighted by atomic mass is 32.1. The molecule has 2 aromatic rings. The van der Waals surface area contributed by atoms with Gasteiger partial charge in [-0.25, -0.2) is 9.18 Å². The standard InChI is InChI=1S/C17H19FN2O4S/c1-3-6-19-16(22)10(2)20-15(21)9-24-17(23)14-8-11-7-12(18)4-5-13(11)25-14/h4-5,7-8,10H,3,6,9H2,1-2H3,(H,19,22)(H,20,21)/t10-/m1/s1. The van der Waals surface area contributed by atoms with Crippen molar-refractivity contribution in [1.29, 1.82) is 0 Å². The number of hydrogen-bond donors (Lipinski definition) is 2. The Kier molecular flexibility index (Phi) is 6.46. The van der Waals surface area contributed by atoms with Crippen molar-refractivity contribution in [2.45, 2.75) is 26.3 Å². The zero-order chi connectivity index (χ0) is 18.4. The normalized spacial score (nSPS) is 11.8. The molecule has 0 aliphatic carbocycles. The van der Waals surface area contributed by atoms with Crippen molar-refractivity contribution in [2.24, 2.45) is 0 Å². The summed E-state index contributed by atoms with van der Waals surface area (Å²) >= 11 is 1.16. The monoisotopic (exact) mass is 366 g/mol. The molecule has 0 saturated heterocycles. The lowest BCUT2D eigenvalue weighted by Gasteiger charge is -2.13. The predicted molar refractivity (Wildman–Crippen MR) is 93.0 cm³/mol. The average molecular weight is 366 g/mol. The van der Waals surface area contributed by atoms with E-state index in [0.29, 0.717) is 11.9 Å². The lowest BCUT2D eigenvalue weighted by molar-refractivity contribution is -0.130. The van der Waals surface area contributed by atoms with Crippen LogP contribution in [0.2, 0.25) is 0 Å². The Bertz CT molecular complexity index is 790. The molecule has 25 heavy (non-hydrogen) atoms. The fourth-order valence-electron chi connectivity index (χ4n) is 2.07. The summed E-state index contributed by atoms with van der Waals surface area (Å²) in [6.45, 7) is 3.50. The molecule has 0 unspecified atom stereocenters. The number of carbonyl (C=O) groups excluding carboxylic acids is 3. The molecule has 0 fully saturated rings. The number of esters is 1. The van der Waals surface area contributed by atoms with Crippen molar-refractivity contribution in [2.75, 3.05) is 13.2 Å². The Morgan fingerprint density at radius 2 is 2.04 bits per heavy atom. The zero-order valence-electron chi connectivity index (χ0n) is 13.9. The fourth-order valence-corrected chi connectivity index (χ4v) is 3.00. The van der Waals surface area contributed by atoms with Crippen molar-refractivity contribution >= 4 is 39.2 Å². The topological polar surface area (TPSA) is 84.5 Å². The van der Waals surface area contributed by atoms with Crippen molar-refractivity contribution in [3.05, 3.63) is 35.0 Å². The molecule has 0 spiro atoms. The van der Waals surface area contributed by atoms with E-state index in [2.05, 4.69) is 10.6 Å². The van der Waals surface area contributed by atoms with Crippen LogP contribution in [0, 0.1) is 5.82 Å². The molecule has 1 aromatic heterocycles. The summed E-state index contributed by atoms with van der Waals surface area (Å²) in [7, 11) is 0. The fraction of sp³-hybridized carbons (Fsp3) is 0.353. The number of rotatable bonds is 7. The predicted octanol–water partition coefficient (Wildman–Crippen LogP) is 2.23. The van der Waals surface area contributed by atoms with E-state index in [-0.39, 0.29) is 16.6 Å². The Balaban J connectivity index is 1.86. The highest BCUT2D eigenvalue weighted by molar-refractivity contribution is 7.20. The first kappa shape index (κ1) is 18.9. The number of fused-ring (bicyclic) bond motifs is 1. The van der Waals surface area contributed by atoms with E-state index in [1.165, 1.54) is 18.2 Å².